The predicted molar refractivity (Wildman–Crippen MR) is 55.9 cm³/mol. The minimum Gasteiger partial charge on any atom is -0.303 e. The van der Waals surface area contributed by atoms with Gasteiger partial charge in [0, 0.05) is 30.6 Å². The molecule has 2 heterocycles. The van der Waals surface area contributed by atoms with Crippen LogP contribution in [-0.4, -0.2) is 15.8 Å². The van der Waals surface area contributed by atoms with Crippen LogP contribution in [0, 0.1) is 6.92 Å². The third kappa shape index (κ3) is 1.71. The monoisotopic (exact) mass is 206 g/mol. The molecule has 4 heteroatoms. The van der Waals surface area contributed by atoms with E-state index in [1.165, 1.54) is 0 Å². The molecule has 0 radical (unpaired) electrons. The Hall–Kier alpha value is -1.45. The zero-order valence-corrected chi connectivity index (χ0v) is 8.82. The minimum absolute atomic E-state index is 0.0238. The number of fused-ring (bicyclic) bond motifs is 1. The summed E-state index contributed by atoms with van der Waals surface area (Å²) in [5.74, 6) is 0.874. The molecule has 1 aromatic heterocycles. The molecular weight excluding hydrogens is 192 g/mol. The summed E-state index contributed by atoms with van der Waals surface area (Å²) >= 11 is 0. The highest BCUT2D eigenvalue weighted by molar-refractivity contribution is 5.55. The Labute approximate surface area is 88.0 Å². The third-order valence-electron chi connectivity index (χ3n) is 2.87. The van der Waals surface area contributed by atoms with Crippen LogP contribution in [0.5, 0.6) is 0 Å². The van der Waals surface area contributed by atoms with Crippen LogP contribution >= 0.6 is 0 Å². The Morgan fingerprint density at radius 1 is 1.47 bits per heavy atom. The van der Waals surface area contributed by atoms with Gasteiger partial charge >= 0.3 is 0 Å². The number of aldehydes is 1. The molecule has 0 saturated carbocycles. The third-order valence-corrected chi connectivity index (χ3v) is 2.87. The van der Waals surface area contributed by atoms with E-state index in [1.807, 2.05) is 0 Å². The van der Waals surface area contributed by atoms with E-state index >= 15 is 0 Å². The van der Waals surface area contributed by atoms with Gasteiger partial charge in [-0.25, -0.2) is 4.98 Å². The van der Waals surface area contributed by atoms with E-state index in [0.717, 1.165) is 37.9 Å². The molecule has 0 bridgehead atoms. The lowest BCUT2D eigenvalue weighted by molar-refractivity contribution is -0.107. The van der Waals surface area contributed by atoms with Gasteiger partial charge in [0.2, 0.25) is 0 Å². The highest BCUT2D eigenvalue weighted by atomic mass is 16.1. The number of nitrogens with zero attached hydrogens (tertiary/aromatic N) is 2. The molecule has 15 heavy (non-hydrogen) atoms. The topological polar surface area (TPSA) is 52.0 Å². The lowest BCUT2D eigenvalue weighted by Gasteiger charge is -2.18. The lowest BCUT2D eigenvalue weighted by atomic mass is 10.1. The molecule has 0 spiro atoms. The number of hydrogen-bond acceptors (Lipinski definition) is 3. The summed E-state index contributed by atoms with van der Waals surface area (Å²) in [6.45, 7) is 2.54. The van der Waals surface area contributed by atoms with Gasteiger partial charge in [-0.2, -0.15) is 0 Å². The number of aromatic nitrogens is 2. The van der Waals surface area contributed by atoms with Gasteiger partial charge < -0.3 is 4.79 Å². The second kappa shape index (κ2) is 3.96. The maximum Gasteiger partial charge on any atom is 0.257 e. The summed E-state index contributed by atoms with van der Waals surface area (Å²) in [6.07, 6.45) is 3.94. The van der Waals surface area contributed by atoms with Crippen molar-refractivity contribution in [2.24, 2.45) is 0 Å². The second-order valence-electron chi connectivity index (χ2n) is 3.88. The van der Waals surface area contributed by atoms with E-state index in [0.29, 0.717) is 11.3 Å². The molecule has 0 amide bonds. The number of aryl methyl sites for hydroxylation is 2. The van der Waals surface area contributed by atoms with Gasteiger partial charge in [0.05, 0.1) is 0 Å². The Morgan fingerprint density at radius 3 is 3.00 bits per heavy atom. The fraction of sp³-hybridized carbons (Fsp3) is 0.545. The first kappa shape index (κ1) is 10.1. The summed E-state index contributed by atoms with van der Waals surface area (Å²) in [6, 6.07) is 0. The van der Waals surface area contributed by atoms with Crippen LogP contribution in [0.2, 0.25) is 0 Å². The van der Waals surface area contributed by atoms with Gasteiger partial charge in [0.25, 0.3) is 5.56 Å². The summed E-state index contributed by atoms with van der Waals surface area (Å²) in [5, 5.41) is 0. The standard InChI is InChI=1S/C11H14N2O2/c1-8-9(5-7-14)11(15)13-6-3-2-4-10(13)12-8/h7H,2-6H2,1H3. The Balaban J connectivity index is 2.59. The summed E-state index contributed by atoms with van der Waals surface area (Å²) < 4.78 is 1.72. The second-order valence-corrected chi connectivity index (χ2v) is 3.88. The molecule has 0 atom stereocenters. The van der Waals surface area contributed by atoms with Gasteiger partial charge in [-0.05, 0) is 19.8 Å². The molecule has 0 aromatic carbocycles. The van der Waals surface area contributed by atoms with Crippen LogP contribution in [-0.2, 0) is 24.2 Å². The Kier molecular flexibility index (Phi) is 2.66. The number of carbonyl (C=O) groups is 1. The van der Waals surface area contributed by atoms with Gasteiger partial charge in [0.1, 0.15) is 12.1 Å². The number of rotatable bonds is 2. The van der Waals surface area contributed by atoms with E-state index in [-0.39, 0.29) is 12.0 Å². The van der Waals surface area contributed by atoms with E-state index in [1.54, 1.807) is 11.5 Å². The van der Waals surface area contributed by atoms with Crippen molar-refractivity contribution >= 4 is 6.29 Å². The molecule has 0 fully saturated rings. The molecule has 1 aliphatic rings. The van der Waals surface area contributed by atoms with E-state index in [2.05, 4.69) is 4.98 Å². The summed E-state index contributed by atoms with van der Waals surface area (Å²) in [5.41, 5.74) is 1.24. The predicted octanol–water partition coefficient (Wildman–Crippen LogP) is 0.629. The van der Waals surface area contributed by atoms with Crippen LogP contribution < -0.4 is 5.56 Å². The van der Waals surface area contributed by atoms with Gasteiger partial charge in [-0.15, -0.1) is 0 Å². The van der Waals surface area contributed by atoms with Crippen LogP contribution in [0.25, 0.3) is 0 Å². The highest BCUT2D eigenvalue weighted by Gasteiger charge is 2.16. The number of hydrogen-bond donors (Lipinski definition) is 0. The SMILES string of the molecule is Cc1nc2n(c(=O)c1CC=O)CCCC2. The normalized spacial score (nSPS) is 14.7. The molecule has 4 nitrogen and oxygen atoms in total. The van der Waals surface area contributed by atoms with Crippen molar-refractivity contribution in [3.05, 3.63) is 27.4 Å². The smallest absolute Gasteiger partial charge is 0.257 e. The van der Waals surface area contributed by atoms with Crippen molar-refractivity contribution in [3.8, 4) is 0 Å². The average Bonchev–Trinajstić information content (AvgIpc) is 2.24. The maximum atomic E-state index is 12.0. The minimum atomic E-state index is -0.0238. The molecule has 1 aliphatic heterocycles. The fourth-order valence-corrected chi connectivity index (χ4v) is 2.05. The fourth-order valence-electron chi connectivity index (χ4n) is 2.05. The van der Waals surface area contributed by atoms with Crippen molar-refractivity contribution in [1.29, 1.82) is 0 Å². The molecule has 0 aliphatic carbocycles. The van der Waals surface area contributed by atoms with Crippen LogP contribution in [0.3, 0.4) is 0 Å². The first-order valence-electron chi connectivity index (χ1n) is 5.27. The van der Waals surface area contributed by atoms with Crippen molar-refractivity contribution in [2.75, 3.05) is 0 Å². The quantitative estimate of drug-likeness (QED) is 0.667. The molecule has 80 valence electrons. The van der Waals surface area contributed by atoms with E-state index in [9.17, 15) is 9.59 Å². The maximum absolute atomic E-state index is 12.0. The van der Waals surface area contributed by atoms with Gasteiger partial charge in [-0.3, -0.25) is 9.36 Å². The molecule has 2 rings (SSSR count). The Morgan fingerprint density at radius 2 is 2.27 bits per heavy atom. The molecule has 0 N–H and O–H groups in total. The van der Waals surface area contributed by atoms with Crippen LogP contribution in [0.15, 0.2) is 4.79 Å². The first-order valence-corrected chi connectivity index (χ1v) is 5.27. The zero-order valence-electron chi connectivity index (χ0n) is 8.82. The van der Waals surface area contributed by atoms with Crippen LogP contribution in [0.1, 0.15) is 29.9 Å². The van der Waals surface area contributed by atoms with Crippen molar-refractivity contribution in [3.63, 3.8) is 0 Å². The van der Waals surface area contributed by atoms with E-state index < -0.39 is 0 Å². The summed E-state index contributed by atoms with van der Waals surface area (Å²) in [7, 11) is 0. The number of carbonyl (C=O) groups excluding carboxylic acids is 1. The largest absolute Gasteiger partial charge is 0.303 e. The molecular formula is C11H14N2O2. The van der Waals surface area contributed by atoms with Gasteiger partial charge in [0.15, 0.2) is 0 Å². The lowest BCUT2D eigenvalue weighted by Crippen LogP contribution is -2.32. The molecule has 0 unspecified atom stereocenters. The summed E-state index contributed by atoms with van der Waals surface area (Å²) in [4.78, 5) is 26.9. The van der Waals surface area contributed by atoms with Crippen LogP contribution in [0.4, 0.5) is 0 Å². The average molecular weight is 206 g/mol. The zero-order chi connectivity index (χ0) is 10.8. The Bertz CT molecular complexity index is 449. The van der Waals surface area contributed by atoms with Crippen molar-refractivity contribution in [2.45, 2.75) is 39.2 Å². The molecule has 0 saturated heterocycles. The van der Waals surface area contributed by atoms with Crippen molar-refractivity contribution < 1.29 is 4.79 Å². The molecule has 1 aromatic rings. The first-order chi connectivity index (χ1) is 7.24. The highest BCUT2D eigenvalue weighted by Crippen LogP contribution is 2.11. The van der Waals surface area contributed by atoms with Gasteiger partial charge in [-0.1, -0.05) is 0 Å². The van der Waals surface area contributed by atoms with Crippen molar-refractivity contribution in [1.82, 2.24) is 9.55 Å². The van der Waals surface area contributed by atoms with E-state index in [4.69, 9.17) is 0 Å².